The van der Waals surface area contributed by atoms with E-state index in [0.717, 1.165) is 21.5 Å². The molecule has 2 nitrogen and oxygen atoms in total. The zero-order valence-electron chi connectivity index (χ0n) is 9.27. The fourth-order valence-electron chi connectivity index (χ4n) is 1.39. The highest BCUT2D eigenvalue weighted by molar-refractivity contribution is 7.98. The quantitative estimate of drug-likeness (QED) is 0.860. The molecule has 0 unspecified atom stereocenters. The van der Waals surface area contributed by atoms with E-state index in [-0.39, 0.29) is 0 Å². The van der Waals surface area contributed by atoms with Gasteiger partial charge in [-0.3, -0.25) is 0 Å². The number of nitrogens with two attached hydrogens (primary N) is 1. The highest BCUT2D eigenvalue weighted by Crippen LogP contribution is 2.21. The topological polar surface area (TPSA) is 38.9 Å². The maximum absolute atomic E-state index is 5.84. The van der Waals surface area contributed by atoms with E-state index < -0.39 is 0 Å². The van der Waals surface area contributed by atoms with Crippen LogP contribution < -0.4 is 5.73 Å². The molecule has 88 valence electrons. The first kappa shape index (κ1) is 12.4. The molecule has 0 bridgehead atoms. The molecule has 17 heavy (non-hydrogen) atoms. The summed E-state index contributed by atoms with van der Waals surface area (Å²) >= 11 is 7.53. The van der Waals surface area contributed by atoms with Crippen LogP contribution in [0.1, 0.15) is 11.3 Å². The third kappa shape index (κ3) is 3.73. The highest BCUT2D eigenvalue weighted by Gasteiger charge is 1.99. The smallest absolute Gasteiger partial charge is 0.0966 e. The van der Waals surface area contributed by atoms with Gasteiger partial charge in [0.15, 0.2) is 0 Å². The molecular formula is C13H13ClN2S. The van der Waals surface area contributed by atoms with E-state index in [2.05, 4.69) is 4.98 Å². The molecule has 4 heteroatoms. The molecule has 0 aliphatic rings. The molecule has 0 spiro atoms. The van der Waals surface area contributed by atoms with Crippen LogP contribution in [-0.2, 0) is 12.3 Å². The molecule has 1 aromatic carbocycles. The molecule has 0 aliphatic heterocycles. The number of pyridine rings is 1. The standard InChI is InChI=1S/C13H13ClN2S/c14-11-6-4-10(5-7-11)9-17-13-3-1-2-12(8-15)16-13/h1-7H,8-9,15H2. The summed E-state index contributed by atoms with van der Waals surface area (Å²) in [7, 11) is 0. The normalized spacial score (nSPS) is 10.5. The number of hydrogen-bond donors (Lipinski definition) is 1. The van der Waals surface area contributed by atoms with Crippen LogP contribution in [0.5, 0.6) is 0 Å². The average Bonchev–Trinajstić information content (AvgIpc) is 2.38. The van der Waals surface area contributed by atoms with Crippen LogP contribution in [0, 0.1) is 0 Å². The monoisotopic (exact) mass is 264 g/mol. The Morgan fingerprint density at radius 2 is 1.88 bits per heavy atom. The van der Waals surface area contributed by atoms with E-state index >= 15 is 0 Å². The molecule has 2 rings (SSSR count). The van der Waals surface area contributed by atoms with Crippen molar-refractivity contribution < 1.29 is 0 Å². The number of halogens is 1. The first-order valence-corrected chi connectivity index (χ1v) is 6.67. The first-order chi connectivity index (χ1) is 8.28. The molecule has 2 aromatic rings. The Hall–Kier alpha value is -1.03. The van der Waals surface area contributed by atoms with Crippen molar-refractivity contribution in [1.29, 1.82) is 0 Å². The number of nitrogens with zero attached hydrogens (tertiary/aromatic N) is 1. The summed E-state index contributed by atoms with van der Waals surface area (Å²) in [4.78, 5) is 4.44. The Bertz CT molecular complexity index is 485. The lowest BCUT2D eigenvalue weighted by atomic mass is 10.2. The van der Waals surface area contributed by atoms with Gasteiger partial charge in [-0.2, -0.15) is 0 Å². The Balaban J connectivity index is 1.99. The number of hydrogen-bond acceptors (Lipinski definition) is 3. The average molecular weight is 265 g/mol. The van der Waals surface area contributed by atoms with Crippen molar-refractivity contribution in [1.82, 2.24) is 4.98 Å². The minimum Gasteiger partial charge on any atom is -0.325 e. The van der Waals surface area contributed by atoms with Crippen molar-refractivity contribution >= 4 is 23.4 Å². The molecule has 0 aliphatic carbocycles. The van der Waals surface area contributed by atoms with Gasteiger partial charge in [-0.25, -0.2) is 4.98 Å². The minimum absolute atomic E-state index is 0.481. The predicted molar refractivity (Wildman–Crippen MR) is 73.1 cm³/mol. The maximum atomic E-state index is 5.84. The van der Waals surface area contributed by atoms with Gasteiger partial charge in [0.2, 0.25) is 0 Å². The minimum atomic E-state index is 0.481. The van der Waals surface area contributed by atoms with E-state index in [1.807, 2.05) is 42.5 Å². The van der Waals surface area contributed by atoms with Crippen LogP contribution in [0.15, 0.2) is 47.5 Å². The third-order valence-corrected chi connectivity index (χ3v) is 3.54. The molecule has 1 aromatic heterocycles. The van der Waals surface area contributed by atoms with Gasteiger partial charge in [0.05, 0.1) is 10.7 Å². The molecule has 0 fully saturated rings. The van der Waals surface area contributed by atoms with Crippen molar-refractivity contribution in [2.45, 2.75) is 17.3 Å². The zero-order chi connectivity index (χ0) is 12.1. The Morgan fingerprint density at radius 3 is 2.59 bits per heavy atom. The SMILES string of the molecule is NCc1cccc(SCc2ccc(Cl)cc2)n1. The lowest BCUT2D eigenvalue weighted by Crippen LogP contribution is -1.99. The molecule has 1 heterocycles. The summed E-state index contributed by atoms with van der Waals surface area (Å²) < 4.78 is 0. The first-order valence-electron chi connectivity index (χ1n) is 5.31. The third-order valence-electron chi connectivity index (χ3n) is 2.29. The van der Waals surface area contributed by atoms with Gasteiger partial charge < -0.3 is 5.73 Å². The molecule has 0 saturated carbocycles. The molecule has 0 saturated heterocycles. The van der Waals surface area contributed by atoms with E-state index in [0.29, 0.717) is 6.54 Å². The lowest BCUT2D eigenvalue weighted by molar-refractivity contribution is 0.941. The largest absolute Gasteiger partial charge is 0.325 e. The molecule has 0 amide bonds. The Morgan fingerprint density at radius 1 is 1.12 bits per heavy atom. The second kappa shape index (κ2) is 6.05. The summed E-state index contributed by atoms with van der Waals surface area (Å²) in [5.74, 6) is 0.887. The van der Waals surface area contributed by atoms with Gasteiger partial charge in [-0.05, 0) is 29.8 Å². The fourth-order valence-corrected chi connectivity index (χ4v) is 2.38. The number of benzene rings is 1. The van der Waals surface area contributed by atoms with E-state index in [4.69, 9.17) is 17.3 Å². The van der Waals surface area contributed by atoms with Crippen molar-refractivity contribution in [2.75, 3.05) is 0 Å². The summed E-state index contributed by atoms with van der Waals surface area (Å²) in [6.07, 6.45) is 0. The molecule has 0 atom stereocenters. The lowest BCUT2D eigenvalue weighted by Gasteiger charge is -2.03. The summed E-state index contributed by atoms with van der Waals surface area (Å²) in [5.41, 5.74) is 7.71. The maximum Gasteiger partial charge on any atom is 0.0966 e. The van der Waals surface area contributed by atoms with Crippen molar-refractivity contribution in [3.63, 3.8) is 0 Å². The molecule has 2 N–H and O–H groups in total. The molecule has 0 radical (unpaired) electrons. The second-order valence-corrected chi connectivity index (χ2v) is 5.02. The van der Waals surface area contributed by atoms with Gasteiger partial charge in [0.25, 0.3) is 0 Å². The molecular weight excluding hydrogens is 252 g/mol. The van der Waals surface area contributed by atoms with Crippen LogP contribution in [0.3, 0.4) is 0 Å². The van der Waals surface area contributed by atoms with Crippen LogP contribution in [0.25, 0.3) is 0 Å². The van der Waals surface area contributed by atoms with Crippen molar-refractivity contribution in [3.8, 4) is 0 Å². The van der Waals surface area contributed by atoms with Crippen LogP contribution >= 0.6 is 23.4 Å². The van der Waals surface area contributed by atoms with Gasteiger partial charge in [-0.1, -0.05) is 29.8 Å². The van der Waals surface area contributed by atoms with Crippen LogP contribution in [0.2, 0.25) is 5.02 Å². The zero-order valence-corrected chi connectivity index (χ0v) is 10.8. The Kier molecular flexibility index (Phi) is 4.42. The summed E-state index contributed by atoms with van der Waals surface area (Å²) in [5, 5.41) is 1.77. The van der Waals surface area contributed by atoms with Gasteiger partial charge in [0, 0.05) is 17.3 Å². The fraction of sp³-hybridized carbons (Fsp3) is 0.154. The predicted octanol–water partition coefficient (Wildman–Crippen LogP) is 3.49. The van der Waals surface area contributed by atoms with E-state index in [9.17, 15) is 0 Å². The number of rotatable bonds is 4. The van der Waals surface area contributed by atoms with Crippen molar-refractivity contribution in [3.05, 3.63) is 58.7 Å². The number of thioether (sulfide) groups is 1. The summed E-state index contributed by atoms with van der Waals surface area (Å²) in [6, 6.07) is 13.8. The number of aromatic nitrogens is 1. The second-order valence-electron chi connectivity index (χ2n) is 3.59. The van der Waals surface area contributed by atoms with Crippen molar-refractivity contribution in [2.24, 2.45) is 5.73 Å². The highest BCUT2D eigenvalue weighted by atomic mass is 35.5. The summed E-state index contributed by atoms with van der Waals surface area (Å²) in [6.45, 7) is 0.481. The van der Waals surface area contributed by atoms with Crippen LogP contribution in [0.4, 0.5) is 0 Å². The van der Waals surface area contributed by atoms with E-state index in [1.54, 1.807) is 11.8 Å². The van der Waals surface area contributed by atoms with Crippen LogP contribution in [-0.4, -0.2) is 4.98 Å². The van der Waals surface area contributed by atoms with Gasteiger partial charge in [-0.15, -0.1) is 11.8 Å². The van der Waals surface area contributed by atoms with E-state index in [1.165, 1.54) is 5.56 Å². The van der Waals surface area contributed by atoms with Gasteiger partial charge >= 0.3 is 0 Å². The Labute approximate surface area is 110 Å². The van der Waals surface area contributed by atoms with Gasteiger partial charge in [0.1, 0.15) is 0 Å².